The number of hydrogen-bond acceptors (Lipinski definition) is 3. The minimum atomic E-state index is -0.364. The van der Waals surface area contributed by atoms with Crippen LogP contribution in [0.5, 0.6) is 0 Å². The number of rotatable bonds is 6. The molecule has 2 amide bonds. The quantitative estimate of drug-likeness (QED) is 0.719. The Morgan fingerprint density at radius 2 is 2.00 bits per heavy atom. The molecule has 5 nitrogen and oxygen atoms in total. The van der Waals surface area contributed by atoms with Crippen LogP contribution in [0.1, 0.15) is 46.5 Å². The third-order valence-electron chi connectivity index (χ3n) is 3.67. The number of likely N-dealkylation sites (tertiary alicyclic amines) is 1. The van der Waals surface area contributed by atoms with Crippen LogP contribution in [0.15, 0.2) is 0 Å². The second-order valence-corrected chi connectivity index (χ2v) is 6.55. The van der Waals surface area contributed by atoms with Gasteiger partial charge in [-0.1, -0.05) is 20.8 Å². The van der Waals surface area contributed by atoms with Crippen molar-refractivity contribution in [3.05, 3.63) is 0 Å². The molecule has 1 saturated heterocycles. The molecular weight excluding hydrogens is 254 g/mol. The first-order valence-electron chi connectivity index (χ1n) is 7.58. The number of hydrogen-bond donors (Lipinski definition) is 2. The number of carbonyl (C=O) groups excluding carboxylic acids is 2. The zero-order chi connectivity index (χ0) is 15.2. The molecule has 1 rings (SSSR count). The SMILES string of the molecule is CNCC1CCCN1C(=O)CCCNC(=O)C(C)(C)C. The molecule has 0 saturated carbocycles. The minimum Gasteiger partial charge on any atom is -0.356 e. The molecular formula is C15H29N3O2. The third-order valence-corrected chi connectivity index (χ3v) is 3.67. The van der Waals surface area contributed by atoms with Crippen molar-refractivity contribution in [3.63, 3.8) is 0 Å². The fourth-order valence-corrected chi connectivity index (χ4v) is 2.46. The summed E-state index contributed by atoms with van der Waals surface area (Å²) in [7, 11) is 1.92. The first kappa shape index (κ1) is 17.0. The molecule has 20 heavy (non-hydrogen) atoms. The van der Waals surface area contributed by atoms with E-state index in [0.29, 0.717) is 25.4 Å². The smallest absolute Gasteiger partial charge is 0.225 e. The summed E-state index contributed by atoms with van der Waals surface area (Å²) in [6.07, 6.45) is 3.42. The van der Waals surface area contributed by atoms with Crippen molar-refractivity contribution in [1.82, 2.24) is 15.5 Å². The van der Waals surface area contributed by atoms with Gasteiger partial charge in [0, 0.05) is 37.5 Å². The Balaban J connectivity index is 2.25. The molecule has 1 heterocycles. The Morgan fingerprint density at radius 1 is 1.30 bits per heavy atom. The molecule has 0 aromatic heterocycles. The van der Waals surface area contributed by atoms with Crippen LogP contribution in [0.25, 0.3) is 0 Å². The topological polar surface area (TPSA) is 61.4 Å². The predicted octanol–water partition coefficient (Wildman–Crippen LogP) is 1.14. The summed E-state index contributed by atoms with van der Waals surface area (Å²) >= 11 is 0. The van der Waals surface area contributed by atoms with Gasteiger partial charge in [-0.3, -0.25) is 9.59 Å². The molecule has 1 aliphatic rings. The zero-order valence-corrected chi connectivity index (χ0v) is 13.3. The summed E-state index contributed by atoms with van der Waals surface area (Å²) in [6.45, 7) is 7.98. The van der Waals surface area contributed by atoms with Crippen LogP contribution in [-0.4, -0.2) is 49.4 Å². The average Bonchev–Trinajstić information content (AvgIpc) is 2.81. The lowest BCUT2D eigenvalue weighted by atomic mass is 9.96. The van der Waals surface area contributed by atoms with Crippen molar-refractivity contribution in [1.29, 1.82) is 0 Å². The summed E-state index contributed by atoms with van der Waals surface area (Å²) in [4.78, 5) is 25.8. The fourth-order valence-electron chi connectivity index (χ4n) is 2.46. The van der Waals surface area contributed by atoms with E-state index in [1.807, 2.05) is 32.7 Å². The van der Waals surface area contributed by atoms with Gasteiger partial charge in [0.2, 0.25) is 11.8 Å². The van der Waals surface area contributed by atoms with E-state index in [4.69, 9.17) is 0 Å². The number of nitrogens with one attached hydrogen (secondary N) is 2. The predicted molar refractivity (Wildman–Crippen MR) is 80.4 cm³/mol. The van der Waals surface area contributed by atoms with E-state index in [9.17, 15) is 9.59 Å². The highest BCUT2D eigenvalue weighted by Gasteiger charge is 2.27. The van der Waals surface area contributed by atoms with Crippen molar-refractivity contribution >= 4 is 11.8 Å². The second-order valence-electron chi connectivity index (χ2n) is 6.55. The van der Waals surface area contributed by atoms with Gasteiger partial charge < -0.3 is 15.5 Å². The number of amides is 2. The van der Waals surface area contributed by atoms with E-state index in [0.717, 1.165) is 25.9 Å². The summed E-state index contributed by atoms with van der Waals surface area (Å²) in [5.74, 6) is 0.256. The van der Waals surface area contributed by atoms with E-state index >= 15 is 0 Å². The molecule has 116 valence electrons. The lowest BCUT2D eigenvalue weighted by molar-refractivity contribution is -0.132. The van der Waals surface area contributed by atoms with E-state index in [1.54, 1.807) is 0 Å². The minimum absolute atomic E-state index is 0.0409. The van der Waals surface area contributed by atoms with Gasteiger partial charge in [0.15, 0.2) is 0 Å². The lowest BCUT2D eigenvalue weighted by Gasteiger charge is -2.24. The van der Waals surface area contributed by atoms with E-state index in [1.165, 1.54) is 0 Å². The van der Waals surface area contributed by atoms with Crippen molar-refractivity contribution in [2.45, 2.75) is 52.5 Å². The Morgan fingerprint density at radius 3 is 2.60 bits per heavy atom. The molecule has 1 atom stereocenters. The Labute approximate surface area is 122 Å². The van der Waals surface area contributed by atoms with Gasteiger partial charge in [0.05, 0.1) is 0 Å². The Kier molecular flexibility index (Phi) is 6.46. The maximum absolute atomic E-state index is 12.2. The van der Waals surface area contributed by atoms with Gasteiger partial charge >= 0.3 is 0 Å². The molecule has 2 N–H and O–H groups in total. The standard InChI is InChI=1S/C15H29N3O2/c1-15(2,3)14(20)17-9-5-8-13(19)18-10-6-7-12(18)11-16-4/h12,16H,5-11H2,1-4H3,(H,17,20). The van der Waals surface area contributed by atoms with Crippen LogP contribution in [0.4, 0.5) is 0 Å². The van der Waals surface area contributed by atoms with Gasteiger partial charge in [0.1, 0.15) is 0 Å². The average molecular weight is 283 g/mol. The summed E-state index contributed by atoms with van der Waals surface area (Å²) in [5.41, 5.74) is -0.364. The van der Waals surface area contributed by atoms with E-state index in [-0.39, 0.29) is 17.2 Å². The van der Waals surface area contributed by atoms with E-state index in [2.05, 4.69) is 10.6 Å². The molecule has 1 aliphatic heterocycles. The maximum Gasteiger partial charge on any atom is 0.225 e. The van der Waals surface area contributed by atoms with Crippen molar-refractivity contribution in [2.75, 3.05) is 26.7 Å². The maximum atomic E-state index is 12.2. The van der Waals surface area contributed by atoms with E-state index < -0.39 is 0 Å². The van der Waals surface area contributed by atoms with Crippen LogP contribution < -0.4 is 10.6 Å². The molecule has 0 aromatic rings. The number of likely N-dealkylation sites (N-methyl/N-ethyl adjacent to an activating group) is 1. The van der Waals surface area contributed by atoms with Crippen LogP contribution in [0, 0.1) is 5.41 Å². The van der Waals surface area contributed by atoms with Crippen LogP contribution in [0.3, 0.4) is 0 Å². The molecule has 5 heteroatoms. The van der Waals surface area contributed by atoms with Gasteiger partial charge in [0.25, 0.3) is 0 Å². The molecule has 0 spiro atoms. The number of carbonyl (C=O) groups is 2. The monoisotopic (exact) mass is 283 g/mol. The lowest BCUT2D eigenvalue weighted by Crippen LogP contribution is -2.41. The molecule has 0 aromatic carbocycles. The first-order chi connectivity index (χ1) is 9.36. The summed E-state index contributed by atoms with van der Waals surface area (Å²) in [6, 6.07) is 0.344. The van der Waals surface area contributed by atoms with Crippen molar-refractivity contribution in [3.8, 4) is 0 Å². The van der Waals surface area contributed by atoms with Gasteiger partial charge in [-0.25, -0.2) is 0 Å². The van der Waals surface area contributed by atoms with Gasteiger partial charge in [-0.15, -0.1) is 0 Å². The first-order valence-corrected chi connectivity index (χ1v) is 7.58. The molecule has 1 fully saturated rings. The van der Waals surface area contributed by atoms with Gasteiger partial charge in [-0.2, -0.15) is 0 Å². The van der Waals surface area contributed by atoms with Crippen molar-refractivity contribution < 1.29 is 9.59 Å². The van der Waals surface area contributed by atoms with Crippen molar-refractivity contribution in [2.24, 2.45) is 5.41 Å². The van der Waals surface area contributed by atoms with Crippen LogP contribution in [-0.2, 0) is 9.59 Å². The molecule has 0 aliphatic carbocycles. The summed E-state index contributed by atoms with van der Waals surface area (Å²) < 4.78 is 0. The fraction of sp³-hybridized carbons (Fsp3) is 0.867. The van der Waals surface area contributed by atoms with Gasteiger partial charge in [-0.05, 0) is 26.3 Å². The summed E-state index contributed by atoms with van der Waals surface area (Å²) in [5, 5.41) is 6.03. The largest absolute Gasteiger partial charge is 0.356 e. The number of nitrogens with zero attached hydrogens (tertiary/aromatic N) is 1. The highest BCUT2D eigenvalue weighted by atomic mass is 16.2. The molecule has 1 unspecified atom stereocenters. The second kappa shape index (κ2) is 7.62. The highest BCUT2D eigenvalue weighted by molar-refractivity contribution is 5.81. The Hall–Kier alpha value is -1.10. The van der Waals surface area contributed by atoms with Crippen LogP contribution >= 0.6 is 0 Å². The molecule has 0 radical (unpaired) electrons. The third kappa shape index (κ3) is 5.12. The zero-order valence-electron chi connectivity index (χ0n) is 13.3. The Bertz CT molecular complexity index is 337. The normalized spacial score (nSPS) is 19.2. The highest BCUT2D eigenvalue weighted by Crippen LogP contribution is 2.18. The van der Waals surface area contributed by atoms with Crippen LogP contribution in [0.2, 0.25) is 0 Å². The molecule has 0 bridgehead atoms.